The zero-order chi connectivity index (χ0) is 14.7. The molecule has 3 aromatic rings. The molecule has 0 amide bonds. The maximum absolute atomic E-state index is 12.1. The van der Waals surface area contributed by atoms with Gasteiger partial charge in [0.05, 0.1) is 6.42 Å². The van der Waals surface area contributed by atoms with Gasteiger partial charge in [-0.3, -0.25) is 4.79 Å². The first-order chi connectivity index (χ1) is 10.2. The SMILES string of the molecule is C[C@@H](OC(=O)Cc1c[nH]c2ccccc12)c1ccccc1. The fourth-order valence-corrected chi connectivity index (χ4v) is 2.46. The Bertz CT molecular complexity index is 746. The van der Waals surface area contributed by atoms with Gasteiger partial charge < -0.3 is 9.72 Å². The molecule has 21 heavy (non-hydrogen) atoms. The molecule has 0 aliphatic carbocycles. The van der Waals surface area contributed by atoms with Crippen LogP contribution in [0.15, 0.2) is 60.8 Å². The van der Waals surface area contributed by atoms with Gasteiger partial charge in [-0.05, 0) is 24.1 Å². The van der Waals surface area contributed by atoms with Crippen molar-refractivity contribution in [3.8, 4) is 0 Å². The zero-order valence-corrected chi connectivity index (χ0v) is 11.9. The second kappa shape index (κ2) is 5.83. The van der Waals surface area contributed by atoms with Gasteiger partial charge in [0.2, 0.25) is 0 Å². The fourth-order valence-electron chi connectivity index (χ4n) is 2.46. The monoisotopic (exact) mass is 279 g/mol. The summed E-state index contributed by atoms with van der Waals surface area (Å²) in [6.07, 6.45) is 1.92. The minimum atomic E-state index is -0.232. The normalized spacial score (nSPS) is 12.2. The van der Waals surface area contributed by atoms with Crippen LogP contribution in [-0.2, 0) is 16.0 Å². The topological polar surface area (TPSA) is 42.1 Å². The highest BCUT2D eigenvalue weighted by molar-refractivity contribution is 5.87. The molecule has 0 aliphatic rings. The standard InChI is InChI=1S/C18H17NO2/c1-13(14-7-3-2-4-8-14)21-18(20)11-15-12-19-17-10-6-5-9-16(15)17/h2-10,12-13,19H,11H2,1H3/t13-/m1/s1. The summed E-state index contributed by atoms with van der Waals surface area (Å²) in [5.41, 5.74) is 3.01. The first-order valence-corrected chi connectivity index (χ1v) is 7.03. The minimum Gasteiger partial charge on any atom is -0.458 e. The number of rotatable bonds is 4. The summed E-state index contributed by atoms with van der Waals surface area (Å²) < 4.78 is 5.51. The van der Waals surface area contributed by atoms with Crippen molar-refractivity contribution in [3.63, 3.8) is 0 Å². The largest absolute Gasteiger partial charge is 0.458 e. The summed E-state index contributed by atoms with van der Waals surface area (Å²) in [6.45, 7) is 1.89. The molecule has 3 nitrogen and oxygen atoms in total. The van der Waals surface area contributed by atoms with E-state index in [0.717, 1.165) is 22.0 Å². The van der Waals surface area contributed by atoms with Gasteiger partial charge in [-0.2, -0.15) is 0 Å². The lowest BCUT2D eigenvalue weighted by Crippen LogP contribution is -2.11. The lowest BCUT2D eigenvalue weighted by molar-refractivity contribution is -0.147. The van der Waals surface area contributed by atoms with Crippen LogP contribution in [-0.4, -0.2) is 11.0 Å². The van der Waals surface area contributed by atoms with E-state index in [1.54, 1.807) is 0 Å². The van der Waals surface area contributed by atoms with Gasteiger partial charge in [-0.1, -0.05) is 48.5 Å². The van der Waals surface area contributed by atoms with E-state index in [2.05, 4.69) is 4.98 Å². The molecule has 0 unspecified atom stereocenters. The van der Waals surface area contributed by atoms with Crippen LogP contribution in [0.5, 0.6) is 0 Å². The Hall–Kier alpha value is -2.55. The molecular weight excluding hydrogens is 262 g/mol. The fraction of sp³-hybridized carbons (Fsp3) is 0.167. The number of fused-ring (bicyclic) bond motifs is 1. The third kappa shape index (κ3) is 2.97. The van der Waals surface area contributed by atoms with Crippen LogP contribution in [0.4, 0.5) is 0 Å². The summed E-state index contributed by atoms with van der Waals surface area (Å²) >= 11 is 0. The number of esters is 1. The summed E-state index contributed by atoms with van der Waals surface area (Å²) in [5.74, 6) is -0.212. The molecule has 0 fully saturated rings. The van der Waals surface area contributed by atoms with Crippen molar-refractivity contribution in [1.29, 1.82) is 0 Å². The first kappa shape index (κ1) is 13.4. The van der Waals surface area contributed by atoms with E-state index >= 15 is 0 Å². The second-order valence-corrected chi connectivity index (χ2v) is 5.08. The van der Waals surface area contributed by atoms with Crippen molar-refractivity contribution in [2.24, 2.45) is 0 Å². The van der Waals surface area contributed by atoms with Gasteiger partial charge in [0.1, 0.15) is 6.10 Å². The number of para-hydroxylation sites is 1. The Morgan fingerprint density at radius 1 is 1.10 bits per heavy atom. The van der Waals surface area contributed by atoms with Crippen molar-refractivity contribution in [1.82, 2.24) is 4.98 Å². The van der Waals surface area contributed by atoms with E-state index in [1.165, 1.54) is 0 Å². The molecule has 1 aromatic heterocycles. The molecule has 0 saturated carbocycles. The number of hydrogen-bond donors (Lipinski definition) is 1. The van der Waals surface area contributed by atoms with E-state index in [1.807, 2.05) is 67.7 Å². The number of ether oxygens (including phenoxy) is 1. The smallest absolute Gasteiger partial charge is 0.310 e. The second-order valence-electron chi connectivity index (χ2n) is 5.08. The Kier molecular flexibility index (Phi) is 3.73. The van der Waals surface area contributed by atoms with Crippen LogP contribution in [0.3, 0.4) is 0 Å². The average molecular weight is 279 g/mol. The number of H-pyrrole nitrogens is 1. The van der Waals surface area contributed by atoms with Crippen LogP contribution in [0, 0.1) is 0 Å². The highest BCUT2D eigenvalue weighted by atomic mass is 16.5. The van der Waals surface area contributed by atoms with E-state index in [0.29, 0.717) is 0 Å². The van der Waals surface area contributed by atoms with E-state index in [9.17, 15) is 4.79 Å². The van der Waals surface area contributed by atoms with Crippen molar-refractivity contribution in [2.75, 3.05) is 0 Å². The molecule has 3 rings (SSSR count). The van der Waals surface area contributed by atoms with Crippen LogP contribution in [0.2, 0.25) is 0 Å². The van der Waals surface area contributed by atoms with Gasteiger partial charge in [-0.15, -0.1) is 0 Å². The van der Waals surface area contributed by atoms with Gasteiger partial charge in [0.25, 0.3) is 0 Å². The molecule has 3 heteroatoms. The lowest BCUT2D eigenvalue weighted by Gasteiger charge is -2.13. The molecule has 0 bridgehead atoms. The molecule has 0 radical (unpaired) electrons. The molecule has 2 aromatic carbocycles. The Morgan fingerprint density at radius 3 is 2.62 bits per heavy atom. The van der Waals surface area contributed by atoms with Gasteiger partial charge in [0, 0.05) is 17.1 Å². The van der Waals surface area contributed by atoms with Crippen LogP contribution in [0.25, 0.3) is 10.9 Å². The number of hydrogen-bond acceptors (Lipinski definition) is 2. The maximum atomic E-state index is 12.1. The highest BCUT2D eigenvalue weighted by Crippen LogP contribution is 2.21. The molecule has 0 aliphatic heterocycles. The quantitative estimate of drug-likeness (QED) is 0.733. The molecule has 0 spiro atoms. The predicted molar refractivity (Wildman–Crippen MR) is 83.0 cm³/mol. The highest BCUT2D eigenvalue weighted by Gasteiger charge is 2.14. The van der Waals surface area contributed by atoms with Crippen molar-refractivity contribution in [2.45, 2.75) is 19.4 Å². The number of carbonyl (C=O) groups excluding carboxylic acids is 1. The predicted octanol–water partition coefficient (Wildman–Crippen LogP) is 4.01. The number of benzene rings is 2. The third-order valence-corrected chi connectivity index (χ3v) is 3.59. The number of nitrogens with one attached hydrogen (secondary N) is 1. The summed E-state index contributed by atoms with van der Waals surface area (Å²) in [7, 11) is 0. The van der Waals surface area contributed by atoms with Gasteiger partial charge in [0.15, 0.2) is 0 Å². The van der Waals surface area contributed by atoms with Crippen molar-refractivity contribution >= 4 is 16.9 Å². The summed E-state index contributed by atoms with van der Waals surface area (Å²) in [5, 5.41) is 1.07. The van der Waals surface area contributed by atoms with Crippen LogP contribution in [0.1, 0.15) is 24.2 Å². The van der Waals surface area contributed by atoms with Crippen LogP contribution >= 0.6 is 0 Å². The summed E-state index contributed by atoms with van der Waals surface area (Å²) in [6, 6.07) is 17.7. The zero-order valence-electron chi connectivity index (χ0n) is 11.9. The lowest BCUT2D eigenvalue weighted by atomic mass is 10.1. The van der Waals surface area contributed by atoms with Crippen LogP contribution < -0.4 is 0 Å². The molecule has 1 heterocycles. The number of carbonyl (C=O) groups is 1. The number of aromatic amines is 1. The summed E-state index contributed by atoms with van der Waals surface area (Å²) in [4.78, 5) is 15.3. The van der Waals surface area contributed by atoms with E-state index in [-0.39, 0.29) is 18.5 Å². The minimum absolute atomic E-state index is 0.212. The molecule has 1 N–H and O–H groups in total. The average Bonchev–Trinajstić information content (AvgIpc) is 2.91. The molecular formula is C18H17NO2. The molecule has 0 saturated heterocycles. The Morgan fingerprint density at radius 2 is 1.81 bits per heavy atom. The molecule has 106 valence electrons. The van der Waals surface area contributed by atoms with E-state index < -0.39 is 0 Å². The number of aromatic nitrogens is 1. The Labute approximate surface area is 123 Å². The van der Waals surface area contributed by atoms with Crippen molar-refractivity contribution < 1.29 is 9.53 Å². The van der Waals surface area contributed by atoms with Crippen molar-refractivity contribution in [3.05, 3.63) is 71.9 Å². The first-order valence-electron chi connectivity index (χ1n) is 7.03. The van der Waals surface area contributed by atoms with Gasteiger partial charge in [-0.25, -0.2) is 0 Å². The molecule has 1 atom stereocenters. The Balaban J connectivity index is 1.69. The van der Waals surface area contributed by atoms with E-state index in [4.69, 9.17) is 4.74 Å². The maximum Gasteiger partial charge on any atom is 0.310 e. The van der Waals surface area contributed by atoms with Gasteiger partial charge >= 0.3 is 5.97 Å². The third-order valence-electron chi connectivity index (χ3n) is 3.59.